The van der Waals surface area contributed by atoms with Crippen molar-refractivity contribution < 1.29 is 0 Å². The molecule has 1 aromatic heterocycles. The Morgan fingerprint density at radius 1 is 1.14 bits per heavy atom. The second-order valence-electron chi connectivity index (χ2n) is 6.31. The number of nitrogens with zero attached hydrogens (tertiary/aromatic N) is 3. The smallest absolute Gasteiger partial charge is 0.137 e. The highest BCUT2D eigenvalue weighted by molar-refractivity contribution is 5.58. The summed E-state index contributed by atoms with van der Waals surface area (Å²) in [5, 5.41) is 3.37. The molecule has 1 N–H and O–H groups in total. The normalized spacial score (nSPS) is 12.6. The van der Waals surface area contributed by atoms with Gasteiger partial charge in [0.1, 0.15) is 17.5 Å². The van der Waals surface area contributed by atoms with E-state index >= 15 is 0 Å². The number of aromatic nitrogens is 2. The van der Waals surface area contributed by atoms with Crippen molar-refractivity contribution in [1.29, 1.82) is 0 Å². The highest BCUT2D eigenvalue weighted by Crippen LogP contribution is 2.26. The summed E-state index contributed by atoms with van der Waals surface area (Å²) >= 11 is 0. The van der Waals surface area contributed by atoms with Crippen LogP contribution in [-0.2, 0) is 6.42 Å². The van der Waals surface area contributed by atoms with E-state index in [0.29, 0.717) is 12.0 Å². The summed E-state index contributed by atoms with van der Waals surface area (Å²) in [4.78, 5) is 11.8. The van der Waals surface area contributed by atoms with E-state index < -0.39 is 0 Å². The van der Waals surface area contributed by atoms with Gasteiger partial charge in [-0.15, -0.1) is 0 Å². The molecule has 4 nitrogen and oxygen atoms in total. The lowest BCUT2D eigenvalue weighted by atomic mass is 10.0. The van der Waals surface area contributed by atoms with Gasteiger partial charge in [-0.1, -0.05) is 20.8 Å². The van der Waals surface area contributed by atoms with E-state index in [1.54, 1.807) is 0 Å². The molecule has 0 saturated heterocycles. The number of anilines is 2. The first kappa shape index (κ1) is 17.7. The highest BCUT2D eigenvalue weighted by atomic mass is 15.2. The maximum absolute atomic E-state index is 4.81. The standard InChI is InChI=1S/C17H32N4/c1-8-10-15-19-16(18-9-2)14(6)17(20-15)21(7)13(5)11-12(3)4/h12-13H,8-11H2,1-7H3,(H,18,19,20). The SMILES string of the molecule is CCCc1nc(NCC)c(C)c(N(C)C(C)CC(C)C)n1. The summed E-state index contributed by atoms with van der Waals surface area (Å²) in [7, 11) is 2.15. The Morgan fingerprint density at radius 2 is 1.81 bits per heavy atom. The van der Waals surface area contributed by atoms with Crippen LogP contribution < -0.4 is 10.2 Å². The molecule has 0 fully saturated rings. The summed E-state index contributed by atoms with van der Waals surface area (Å²) < 4.78 is 0. The van der Waals surface area contributed by atoms with Crippen LogP contribution in [-0.4, -0.2) is 29.6 Å². The van der Waals surface area contributed by atoms with Crippen LogP contribution in [0.3, 0.4) is 0 Å². The Morgan fingerprint density at radius 3 is 2.33 bits per heavy atom. The van der Waals surface area contributed by atoms with E-state index in [4.69, 9.17) is 4.98 Å². The first-order chi connectivity index (χ1) is 9.90. The van der Waals surface area contributed by atoms with Crippen molar-refractivity contribution in [3.8, 4) is 0 Å². The largest absolute Gasteiger partial charge is 0.370 e. The van der Waals surface area contributed by atoms with Crippen LogP contribution in [0.5, 0.6) is 0 Å². The summed E-state index contributed by atoms with van der Waals surface area (Å²) in [5.41, 5.74) is 1.15. The molecule has 1 rings (SSSR count). The molecule has 4 heteroatoms. The monoisotopic (exact) mass is 292 g/mol. The van der Waals surface area contributed by atoms with Gasteiger partial charge >= 0.3 is 0 Å². The van der Waals surface area contributed by atoms with Gasteiger partial charge in [-0.25, -0.2) is 9.97 Å². The molecular weight excluding hydrogens is 260 g/mol. The Hall–Kier alpha value is -1.32. The third-order valence-corrected chi connectivity index (χ3v) is 3.79. The number of rotatable bonds is 8. The number of aryl methyl sites for hydroxylation is 1. The molecular formula is C17H32N4. The van der Waals surface area contributed by atoms with Gasteiger partial charge in [0.05, 0.1) is 0 Å². The van der Waals surface area contributed by atoms with Crippen molar-refractivity contribution in [2.45, 2.75) is 66.8 Å². The minimum atomic E-state index is 0.475. The predicted octanol–water partition coefficient (Wildman–Crippen LogP) is 4.04. The average Bonchev–Trinajstić information content (AvgIpc) is 2.41. The molecule has 21 heavy (non-hydrogen) atoms. The first-order valence-corrected chi connectivity index (χ1v) is 8.24. The van der Waals surface area contributed by atoms with Gasteiger partial charge in [-0.2, -0.15) is 0 Å². The lowest BCUT2D eigenvalue weighted by Crippen LogP contribution is -2.32. The van der Waals surface area contributed by atoms with E-state index in [-0.39, 0.29) is 0 Å². The van der Waals surface area contributed by atoms with E-state index in [9.17, 15) is 0 Å². The lowest BCUT2D eigenvalue weighted by molar-refractivity contribution is 0.501. The Labute approximate surface area is 130 Å². The topological polar surface area (TPSA) is 41.1 Å². The fourth-order valence-corrected chi connectivity index (χ4v) is 2.62. The molecule has 0 spiro atoms. The van der Waals surface area contributed by atoms with Gasteiger partial charge in [-0.3, -0.25) is 0 Å². The third-order valence-electron chi connectivity index (χ3n) is 3.79. The van der Waals surface area contributed by atoms with Crippen molar-refractivity contribution in [1.82, 2.24) is 9.97 Å². The zero-order valence-corrected chi connectivity index (χ0v) is 14.8. The number of hydrogen-bond donors (Lipinski definition) is 1. The first-order valence-electron chi connectivity index (χ1n) is 8.24. The zero-order valence-electron chi connectivity index (χ0n) is 14.8. The Kier molecular flexibility index (Phi) is 6.93. The molecule has 0 aliphatic carbocycles. The van der Waals surface area contributed by atoms with E-state index in [1.807, 2.05) is 0 Å². The second-order valence-corrected chi connectivity index (χ2v) is 6.31. The fraction of sp³-hybridized carbons (Fsp3) is 0.765. The molecule has 0 radical (unpaired) electrons. The molecule has 1 heterocycles. The van der Waals surface area contributed by atoms with E-state index in [2.05, 4.69) is 63.8 Å². The van der Waals surface area contributed by atoms with Crippen LogP contribution in [0, 0.1) is 12.8 Å². The summed E-state index contributed by atoms with van der Waals surface area (Å²) in [5.74, 6) is 3.68. The van der Waals surface area contributed by atoms with Crippen LogP contribution in [0.1, 0.15) is 58.8 Å². The second kappa shape index (κ2) is 8.20. The van der Waals surface area contributed by atoms with Crippen LogP contribution in [0.4, 0.5) is 11.6 Å². The van der Waals surface area contributed by atoms with Gasteiger partial charge in [0.15, 0.2) is 0 Å². The van der Waals surface area contributed by atoms with Gasteiger partial charge in [0.2, 0.25) is 0 Å². The molecule has 0 aliphatic heterocycles. The average molecular weight is 292 g/mol. The van der Waals surface area contributed by atoms with Gasteiger partial charge in [0.25, 0.3) is 0 Å². The highest BCUT2D eigenvalue weighted by Gasteiger charge is 2.18. The molecule has 1 aromatic rings. The van der Waals surface area contributed by atoms with Crippen molar-refractivity contribution in [3.63, 3.8) is 0 Å². The summed E-state index contributed by atoms with van der Waals surface area (Å²) in [6.45, 7) is 14.1. The Balaban J connectivity index is 3.13. The fourth-order valence-electron chi connectivity index (χ4n) is 2.62. The molecule has 0 aromatic carbocycles. The zero-order chi connectivity index (χ0) is 16.0. The minimum absolute atomic E-state index is 0.475. The molecule has 1 atom stereocenters. The quantitative estimate of drug-likeness (QED) is 0.785. The van der Waals surface area contributed by atoms with Gasteiger partial charge in [-0.05, 0) is 39.5 Å². The minimum Gasteiger partial charge on any atom is -0.370 e. The van der Waals surface area contributed by atoms with Crippen LogP contribution in [0.2, 0.25) is 0 Å². The van der Waals surface area contributed by atoms with Crippen LogP contribution in [0.25, 0.3) is 0 Å². The third kappa shape index (κ3) is 4.87. The molecule has 0 amide bonds. The van der Waals surface area contributed by atoms with Gasteiger partial charge in [0, 0.05) is 31.6 Å². The predicted molar refractivity (Wildman–Crippen MR) is 92.2 cm³/mol. The maximum atomic E-state index is 4.81. The van der Waals surface area contributed by atoms with E-state index in [1.165, 1.54) is 6.42 Å². The molecule has 1 unspecified atom stereocenters. The summed E-state index contributed by atoms with van der Waals surface area (Å²) in [6, 6.07) is 0.475. The van der Waals surface area contributed by atoms with Crippen molar-refractivity contribution in [3.05, 3.63) is 11.4 Å². The number of nitrogens with one attached hydrogen (secondary N) is 1. The Bertz CT molecular complexity index is 443. The lowest BCUT2D eigenvalue weighted by Gasteiger charge is -2.29. The molecule has 0 bridgehead atoms. The maximum Gasteiger partial charge on any atom is 0.137 e. The van der Waals surface area contributed by atoms with Crippen LogP contribution in [0.15, 0.2) is 0 Å². The molecule has 120 valence electrons. The number of hydrogen-bond acceptors (Lipinski definition) is 4. The summed E-state index contributed by atoms with van der Waals surface area (Å²) in [6.07, 6.45) is 3.16. The van der Waals surface area contributed by atoms with Crippen molar-refractivity contribution in [2.75, 3.05) is 23.8 Å². The molecule has 0 aliphatic rings. The van der Waals surface area contributed by atoms with Crippen LogP contribution >= 0.6 is 0 Å². The van der Waals surface area contributed by atoms with Gasteiger partial charge < -0.3 is 10.2 Å². The van der Waals surface area contributed by atoms with E-state index in [0.717, 1.165) is 42.4 Å². The van der Waals surface area contributed by atoms with Crippen molar-refractivity contribution >= 4 is 11.6 Å². The molecule has 0 saturated carbocycles. The van der Waals surface area contributed by atoms with Crippen molar-refractivity contribution in [2.24, 2.45) is 5.92 Å².